The van der Waals surface area contributed by atoms with Gasteiger partial charge in [0, 0.05) is 0 Å². The van der Waals surface area contributed by atoms with Crippen LogP contribution in [-0.4, -0.2) is 10.8 Å². The lowest BCUT2D eigenvalue weighted by Gasteiger charge is -1.98. The van der Waals surface area contributed by atoms with Crippen LogP contribution in [0.25, 0.3) is 11.1 Å². The number of amidine groups is 1. The Morgan fingerprint density at radius 1 is 1.05 bits per heavy atom. The zero-order valence-corrected chi connectivity index (χ0v) is 11.4. The van der Waals surface area contributed by atoms with Crippen molar-refractivity contribution in [2.24, 2.45) is 15.3 Å². The first-order valence-corrected chi connectivity index (χ1v) is 6.44. The van der Waals surface area contributed by atoms with E-state index in [-0.39, 0.29) is 6.01 Å². The van der Waals surface area contributed by atoms with Gasteiger partial charge in [-0.25, -0.2) is 0 Å². The van der Waals surface area contributed by atoms with Gasteiger partial charge in [0.05, 0.1) is 5.69 Å². The topological polar surface area (TPSA) is 75.1 Å². The molecule has 0 aliphatic carbocycles. The minimum Gasteiger partial charge on any atom is -0.421 e. The summed E-state index contributed by atoms with van der Waals surface area (Å²) in [6.07, 6.45) is 0. The van der Waals surface area contributed by atoms with Crippen LogP contribution in [-0.2, 0) is 0 Å². The summed E-state index contributed by atoms with van der Waals surface area (Å²) in [5, 5.41) is 12.0. The third kappa shape index (κ3) is 3.30. The maximum absolute atomic E-state index is 5.43. The Morgan fingerprint density at radius 2 is 1.81 bits per heavy atom. The van der Waals surface area contributed by atoms with E-state index in [2.05, 4.69) is 25.7 Å². The van der Waals surface area contributed by atoms with Crippen LogP contribution in [0.2, 0.25) is 0 Å². The summed E-state index contributed by atoms with van der Waals surface area (Å²) in [5.74, 6) is 0.473. The molecule has 0 amide bonds. The number of aromatic nitrogens is 1. The number of rotatable bonds is 3. The Balaban J connectivity index is 1.70. The molecular formula is C15H13N5O. The van der Waals surface area contributed by atoms with Gasteiger partial charge < -0.3 is 4.42 Å². The maximum Gasteiger partial charge on any atom is 0.342 e. The number of azo groups is 1. The molecule has 0 bridgehead atoms. The third-order valence-electron chi connectivity index (χ3n) is 2.68. The van der Waals surface area contributed by atoms with E-state index in [1.54, 1.807) is 6.92 Å². The molecule has 0 saturated heterocycles. The number of para-hydroxylation sites is 3. The fourth-order valence-corrected chi connectivity index (χ4v) is 1.70. The first-order chi connectivity index (χ1) is 10.3. The highest BCUT2D eigenvalue weighted by molar-refractivity contribution is 5.81. The fourth-order valence-electron chi connectivity index (χ4n) is 1.70. The van der Waals surface area contributed by atoms with E-state index in [0.717, 1.165) is 11.2 Å². The average molecular weight is 279 g/mol. The molecule has 104 valence electrons. The molecule has 1 N–H and O–H groups in total. The van der Waals surface area contributed by atoms with Crippen LogP contribution in [0.3, 0.4) is 0 Å². The molecule has 6 nitrogen and oxygen atoms in total. The van der Waals surface area contributed by atoms with Crippen molar-refractivity contribution in [1.29, 1.82) is 0 Å². The Morgan fingerprint density at radius 3 is 2.62 bits per heavy atom. The van der Waals surface area contributed by atoms with Crippen LogP contribution in [0.15, 0.2) is 74.3 Å². The zero-order chi connectivity index (χ0) is 14.5. The number of benzene rings is 2. The van der Waals surface area contributed by atoms with Crippen molar-refractivity contribution in [1.82, 2.24) is 4.98 Å². The molecule has 3 aromatic rings. The van der Waals surface area contributed by atoms with Gasteiger partial charge >= 0.3 is 6.01 Å². The molecule has 2 aromatic carbocycles. The molecule has 3 rings (SSSR count). The summed E-state index contributed by atoms with van der Waals surface area (Å²) in [6, 6.07) is 17.3. The highest BCUT2D eigenvalue weighted by atomic mass is 16.4. The molecule has 0 radical (unpaired) electrons. The largest absolute Gasteiger partial charge is 0.421 e. The molecule has 0 aliphatic heterocycles. The van der Waals surface area contributed by atoms with Crippen molar-refractivity contribution in [3.8, 4) is 0 Å². The SMILES string of the molecule is CC(N=Nc1nc2ccccc2o1)=NNc1ccccc1. The quantitative estimate of drug-likeness (QED) is 0.335. The van der Waals surface area contributed by atoms with Crippen molar-refractivity contribution in [2.45, 2.75) is 6.92 Å². The van der Waals surface area contributed by atoms with Crippen LogP contribution in [0.4, 0.5) is 11.7 Å². The first-order valence-electron chi connectivity index (χ1n) is 6.44. The van der Waals surface area contributed by atoms with Crippen LogP contribution in [0.1, 0.15) is 6.92 Å². The monoisotopic (exact) mass is 279 g/mol. The average Bonchev–Trinajstić information content (AvgIpc) is 2.95. The highest BCUT2D eigenvalue weighted by Crippen LogP contribution is 2.20. The van der Waals surface area contributed by atoms with Gasteiger partial charge in [-0.1, -0.05) is 35.4 Å². The molecule has 1 heterocycles. The van der Waals surface area contributed by atoms with Crippen molar-refractivity contribution < 1.29 is 4.42 Å². The number of nitrogens with zero attached hydrogens (tertiary/aromatic N) is 4. The second kappa shape index (κ2) is 5.96. The molecule has 0 aliphatic rings. The molecule has 0 spiro atoms. The van der Waals surface area contributed by atoms with Crippen molar-refractivity contribution >= 4 is 28.6 Å². The summed E-state index contributed by atoms with van der Waals surface area (Å²) in [6.45, 7) is 1.74. The molecule has 0 unspecified atom stereocenters. The molecular weight excluding hydrogens is 266 g/mol. The molecule has 1 aromatic heterocycles. The number of hydrogen-bond donors (Lipinski definition) is 1. The second-order valence-corrected chi connectivity index (χ2v) is 4.30. The van der Waals surface area contributed by atoms with E-state index < -0.39 is 0 Å². The fraction of sp³-hybridized carbons (Fsp3) is 0.0667. The number of nitrogens with one attached hydrogen (secondary N) is 1. The third-order valence-corrected chi connectivity index (χ3v) is 2.68. The van der Waals surface area contributed by atoms with E-state index in [0.29, 0.717) is 11.4 Å². The van der Waals surface area contributed by atoms with Gasteiger partial charge in [0.25, 0.3) is 0 Å². The Labute approximate surface area is 121 Å². The molecule has 0 fully saturated rings. The summed E-state index contributed by atoms with van der Waals surface area (Å²) in [7, 11) is 0. The smallest absolute Gasteiger partial charge is 0.342 e. The van der Waals surface area contributed by atoms with Gasteiger partial charge in [-0.3, -0.25) is 5.43 Å². The minimum atomic E-state index is 0.213. The number of hydrazone groups is 1. The van der Waals surface area contributed by atoms with Crippen LogP contribution < -0.4 is 5.43 Å². The predicted octanol–water partition coefficient (Wildman–Crippen LogP) is 4.36. The highest BCUT2D eigenvalue weighted by Gasteiger charge is 2.02. The Bertz CT molecular complexity index is 759. The molecule has 21 heavy (non-hydrogen) atoms. The lowest BCUT2D eigenvalue weighted by Crippen LogP contribution is -1.93. The van der Waals surface area contributed by atoms with Gasteiger partial charge in [-0.2, -0.15) is 10.1 Å². The summed E-state index contributed by atoms with van der Waals surface area (Å²) in [5.41, 5.74) is 5.21. The molecule has 0 atom stereocenters. The number of anilines is 1. The van der Waals surface area contributed by atoms with E-state index in [9.17, 15) is 0 Å². The minimum absolute atomic E-state index is 0.213. The lowest BCUT2D eigenvalue weighted by molar-refractivity contribution is 0.607. The van der Waals surface area contributed by atoms with Gasteiger partial charge in [0.1, 0.15) is 5.52 Å². The Hall–Kier alpha value is -3.02. The van der Waals surface area contributed by atoms with Crippen LogP contribution >= 0.6 is 0 Å². The predicted molar refractivity (Wildman–Crippen MR) is 81.7 cm³/mol. The van der Waals surface area contributed by atoms with Gasteiger partial charge in [-0.05, 0) is 31.2 Å². The zero-order valence-electron chi connectivity index (χ0n) is 11.4. The standard InChI is InChI=1S/C15H13N5O/c1-11(17-19-12-7-3-2-4-8-12)18-20-15-16-13-9-5-6-10-14(13)21-15/h2-10,19H,1H3. The summed E-state index contributed by atoms with van der Waals surface area (Å²) in [4.78, 5) is 4.20. The lowest BCUT2D eigenvalue weighted by atomic mass is 10.3. The van der Waals surface area contributed by atoms with E-state index in [1.165, 1.54) is 0 Å². The van der Waals surface area contributed by atoms with E-state index in [4.69, 9.17) is 4.42 Å². The van der Waals surface area contributed by atoms with E-state index >= 15 is 0 Å². The normalized spacial score (nSPS) is 12.1. The van der Waals surface area contributed by atoms with Crippen LogP contribution in [0.5, 0.6) is 0 Å². The number of fused-ring (bicyclic) bond motifs is 1. The summed E-state index contributed by atoms with van der Waals surface area (Å²) < 4.78 is 5.43. The Kier molecular flexibility index (Phi) is 3.68. The van der Waals surface area contributed by atoms with E-state index in [1.807, 2.05) is 54.6 Å². The number of oxazole rings is 1. The molecule has 6 heteroatoms. The second-order valence-electron chi connectivity index (χ2n) is 4.30. The summed E-state index contributed by atoms with van der Waals surface area (Å²) >= 11 is 0. The van der Waals surface area contributed by atoms with Crippen molar-refractivity contribution in [2.75, 3.05) is 5.43 Å². The van der Waals surface area contributed by atoms with Gasteiger partial charge in [0.2, 0.25) is 0 Å². The van der Waals surface area contributed by atoms with Gasteiger partial charge in [0.15, 0.2) is 11.4 Å². The van der Waals surface area contributed by atoms with Crippen molar-refractivity contribution in [3.05, 3.63) is 54.6 Å². The first kappa shape index (κ1) is 13.0. The van der Waals surface area contributed by atoms with Gasteiger partial charge in [-0.15, -0.1) is 5.11 Å². The molecule has 0 saturated carbocycles. The van der Waals surface area contributed by atoms with Crippen LogP contribution in [0, 0.1) is 0 Å². The number of hydrogen-bond acceptors (Lipinski definition) is 5. The maximum atomic E-state index is 5.43. The van der Waals surface area contributed by atoms with Crippen molar-refractivity contribution in [3.63, 3.8) is 0 Å².